The van der Waals surface area contributed by atoms with Crippen molar-refractivity contribution >= 4 is 0 Å². The Morgan fingerprint density at radius 3 is 2.41 bits per heavy atom. The molecule has 5 unspecified atom stereocenters. The van der Waals surface area contributed by atoms with Gasteiger partial charge in [0.2, 0.25) is 0 Å². The van der Waals surface area contributed by atoms with E-state index in [0.29, 0.717) is 0 Å². The molecule has 3 saturated carbocycles. The monoisotopic (exact) mass is 231 g/mol. The topological polar surface area (TPSA) is 23.8 Å². The minimum atomic E-state index is 0.000500. The molecule has 17 heavy (non-hydrogen) atoms. The van der Waals surface area contributed by atoms with Crippen LogP contribution in [0.25, 0.3) is 0 Å². The standard InChI is InChI=1S/C16H25N/c1-16(11-17)9-8-13-7-6-12-4-2-3-5-14(12)15(13)10-16/h12-15H,2-10H2,1H3. The third-order valence-corrected chi connectivity index (χ3v) is 6.05. The molecule has 3 rings (SSSR count). The van der Waals surface area contributed by atoms with E-state index in [4.69, 9.17) is 0 Å². The maximum absolute atomic E-state index is 9.39. The van der Waals surface area contributed by atoms with Crippen molar-refractivity contribution in [1.29, 1.82) is 5.26 Å². The molecule has 5 atom stereocenters. The van der Waals surface area contributed by atoms with Crippen molar-refractivity contribution in [1.82, 2.24) is 0 Å². The first-order valence-corrected chi connectivity index (χ1v) is 7.63. The second-order valence-electron chi connectivity index (χ2n) is 7.12. The highest BCUT2D eigenvalue weighted by molar-refractivity contribution is 5.04. The van der Waals surface area contributed by atoms with E-state index in [1.54, 1.807) is 0 Å². The Labute approximate surface area is 106 Å². The molecule has 0 aromatic rings. The number of nitriles is 1. The Morgan fingerprint density at radius 2 is 1.65 bits per heavy atom. The van der Waals surface area contributed by atoms with Crippen molar-refractivity contribution in [2.75, 3.05) is 0 Å². The summed E-state index contributed by atoms with van der Waals surface area (Å²) in [6.45, 7) is 2.20. The lowest BCUT2D eigenvalue weighted by molar-refractivity contribution is -0.00164. The molecule has 0 heterocycles. The number of hydrogen-bond acceptors (Lipinski definition) is 1. The first kappa shape index (κ1) is 11.6. The van der Waals surface area contributed by atoms with Gasteiger partial charge in [-0.15, -0.1) is 0 Å². The van der Waals surface area contributed by atoms with E-state index >= 15 is 0 Å². The number of rotatable bonds is 0. The van der Waals surface area contributed by atoms with Crippen LogP contribution in [0.2, 0.25) is 0 Å². The third-order valence-electron chi connectivity index (χ3n) is 6.05. The lowest BCUT2D eigenvalue weighted by atomic mass is 9.54. The van der Waals surface area contributed by atoms with E-state index < -0.39 is 0 Å². The van der Waals surface area contributed by atoms with Crippen molar-refractivity contribution in [3.63, 3.8) is 0 Å². The zero-order chi connectivity index (χ0) is 11.9. The molecule has 1 heteroatoms. The highest BCUT2D eigenvalue weighted by atomic mass is 14.5. The molecule has 3 aliphatic rings. The smallest absolute Gasteiger partial charge is 0.0686 e. The van der Waals surface area contributed by atoms with Crippen molar-refractivity contribution < 1.29 is 0 Å². The van der Waals surface area contributed by atoms with Crippen LogP contribution in [-0.4, -0.2) is 0 Å². The van der Waals surface area contributed by atoms with E-state index in [9.17, 15) is 5.26 Å². The average Bonchev–Trinajstić information content (AvgIpc) is 2.39. The van der Waals surface area contributed by atoms with Crippen LogP contribution < -0.4 is 0 Å². The molecule has 0 bridgehead atoms. The van der Waals surface area contributed by atoms with Gasteiger partial charge in [0.05, 0.1) is 11.5 Å². The summed E-state index contributed by atoms with van der Waals surface area (Å²) >= 11 is 0. The lowest BCUT2D eigenvalue weighted by Crippen LogP contribution is -2.42. The second kappa shape index (κ2) is 4.30. The number of fused-ring (bicyclic) bond motifs is 3. The summed E-state index contributed by atoms with van der Waals surface area (Å²) in [5.74, 6) is 3.87. The van der Waals surface area contributed by atoms with Crippen LogP contribution in [0.4, 0.5) is 0 Å². The summed E-state index contributed by atoms with van der Waals surface area (Å²) in [5.41, 5.74) is 0.000500. The zero-order valence-electron chi connectivity index (χ0n) is 11.1. The van der Waals surface area contributed by atoms with Gasteiger partial charge in [-0.05, 0) is 69.1 Å². The van der Waals surface area contributed by atoms with Gasteiger partial charge in [0, 0.05) is 0 Å². The Kier molecular flexibility index (Phi) is 2.93. The van der Waals surface area contributed by atoms with Gasteiger partial charge in [0.25, 0.3) is 0 Å². The van der Waals surface area contributed by atoms with Crippen molar-refractivity contribution in [3.05, 3.63) is 0 Å². The molecular formula is C16H25N. The molecule has 0 N–H and O–H groups in total. The van der Waals surface area contributed by atoms with Gasteiger partial charge in [-0.1, -0.05) is 19.3 Å². The highest BCUT2D eigenvalue weighted by Crippen LogP contribution is 2.55. The highest BCUT2D eigenvalue weighted by Gasteiger charge is 2.46. The molecule has 0 radical (unpaired) electrons. The Morgan fingerprint density at radius 1 is 0.941 bits per heavy atom. The Bertz CT molecular complexity index is 329. The van der Waals surface area contributed by atoms with Crippen molar-refractivity contribution in [3.8, 4) is 6.07 Å². The number of hydrogen-bond donors (Lipinski definition) is 0. The van der Waals surface area contributed by atoms with Gasteiger partial charge in [-0.25, -0.2) is 0 Å². The maximum atomic E-state index is 9.39. The van der Waals surface area contributed by atoms with Crippen LogP contribution in [0.15, 0.2) is 0 Å². The summed E-state index contributed by atoms with van der Waals surface area (Å²) in [6, 6.07) is 2.61. The summed E-state index contributed by atoms with van der Waals surface area (Å²) in [5, 5.41) is 9.39. The minimum absolute atomic E-state index is 0.000500. The van der Waals surface area contributed by atoms with E-state index in [1.807, 2.05) is 0 Å². The molecule has 94 valence electrons. The fourth-order valence-electron chi connectivity index (χ4n) is 5.05. The molecule has 0 saturated heterocycles. The molecule has 0 amide bonds. The van der Waals surface area contributed by atoms with E-state index in [-0.39, 0.29) is 5.41 Å². The fraction of sp³-hybridized carbons (Fsp3) is 0.938. The predicted molar refractivity (Wildman–Crippen MR) is 69.2 cm³/mol. The van der Waals surface area contributed by atoms with E-state index in [2.05, 4.69) is 13.0 Å². The van der Waals surface area contributed by atoms with Crippen LogP contribution in [0.5, 0.6) is 0 Å². The second-order valence-corrected chi connectivity index (χ2v) is 7.12. The maximum Gasteiger partial charge on any atom is 0.0686 e. The number of nitrogens with zero attached hydrogens (tertiary/aromatic N) is 1. The van der Waals surface area contributed by atoms with Crippen LogP contribution in [0.3, 0.4) is 0 Å². The Balaban J connectivity index is 1.78. The summed E-state index contributed by atoms with van der Waals surface area (Å²) in [7, 11) is 0. The Hall–Kier alpha value is -0.510. The van der Waals surface area contributed by atoms with E-state index in [0.717, 1.165) is 30.1 Å². The van der Waals surface area contributed by atoms with Gasteiger partial charge < -0.3 is 0 Å². The van der Waals surface area contributed by atoms with Gasteiger partial charge in [-0.3, -0.25) is 0 Å². The molecule has 3 fully saturated rings. The van der Waals surface area contributed by atoms with Crippen LogP contribution >= 0.6 is 0 Å². The van der Waals surface area contributed by atoms with Gasteiger partial charge in [0.15, 0.2) is 0 Å². The molecule has 3 aliphatic carbocycles. The fourth-order valence-corrected chi connectivity index (χ4v) is 5.05. The quantitative estimate of drug-likeness (QED) is 0.600. The van der Waals surface area contributed by atoms with Gasteiger partial charge in [0.1, 0.15) is 0 Å². The average molecular weight is 231 g/mol. The minimum Gasteiger partial charge on any atom is -0.198 e. The van der Waals surface area contributed by atoms with E-state index in [1.165, 1.54) is 51.4 Å². The van der Waals surface area contributed by atoms with Gasteiger partial charge >= 0.3 is 0 Å². The largest absolute Gasteiger partial charge is 0.198 e. The molecule has 0 aromatic carbocycles. The normalized spacial score (nSPS) is 49.9. The van der Waals surface area contributed by atoms with Crippen molar-refractivity contribution in [2.45, 2.75) is 64.7 Å². The predicted octanol–water partition coefficient (Wildman–Crippen LogP) is 4.53. The van der Waals surface area contributed by atoms with Crippen LogP contribution in [0.1, 0.15) is 64.7 Å². The van der Waals surface area contributed by atoms with Gasteiger partial charge in [-0.2, -0.15) is 5.26 Å². The zero-order valence-corrected chi connectivity index (χ0v) is 11.1. The third kappa shape index (κ3) is 2.01. The first-order chi connectivity index (χ1) is 8.22. The van der Waals surface area contributed by atoms with Crippen molar-refractivity contribution in [2.24, 2.45) is 29.1 Å². The lowest BCUT2D eigenvalue weighted by Gasteiger charge is -2.50. The van der Waals surface area contributed by atoms with Crippen LogP contribution in [0, 0.1) is 40.4 Å². The first-order valence-electron chi connectivity index (χ1n) is 7.63. The molecule has 0 aromatic heterocycles. The van der Waals surface area contributed by atoms with Crippen LogP contribution in [-0.2, 0) is 0 Å². The SMILES string of the molecule is CC1(C#N)CCC2CCC3CCCCC3C2C1. The molecule has 1 nitrogen and oxygen atoms in total. The summed E-state index contributed by atoms with van der Waals surface area (Å²) in [6.07, 6.45) is 12.5. The molecule has 0 aliphatic heterocycles. The molecular weight excluding hydrogens is 206 g/mol. The summed E-state index contributed by atoms with van der Waals surface area (Å²) in [4.78, 5) is 0. The molecule has 0 spiro atoms. The summed E-state index contributed by atoms with van der Waals surface area (Å²) < 4.78 is 0.